The van der Waals surface area contributed by atoms with Crippen molar-refractivity contribution in [3.63, 3.8) is 0 Å². The highest BCUT2D eigenvalue weighted by atomic mass is 16.5. The number of nitrogens with zero attached hydrogens (tertiary/aromatic N) is 3. The van der Waals surface area contributed by atoms with Crippen LogP contribution in [0.2, 0.25) is 0 Å². The van der Waals surface area contributed by atoms with Gasteiger partial charge in [-0.1, -0.05) is 35.9 Å². The number of hydrogen-bond acceptors (Lipinski definition) is 4. The number of amidine groups is 1. The Labute approximate surface area is 146 Å². The van der Waals surface area contributed by atoms with Crippen molar-refractivity contribution in [2.75, 3.05) is 0 Å². The monoisotopic (exact) mass is 336 g/mol. The van der Waals surface area contributed by atoms with Gasteiger partial charge in [0.25, 0.3) is 0 Å². The van der Waals surface area contributed by atoms with E-state index in [0.29, 0.717) is 18.3 Å². The van der Waals surface area contributed by atoms with E-state index in [1.54, 1.807) is 11.6 Å². The van der Waals surface area contributed by atoms with E-state index >= 15 is 0 Å². The van der Waals surface area contributed by atoms with E-state index < -0.39 is 0 Å². The minimum absolute atomic E-state index is 0.337. The first-order valence-electron chi connectivity index (χ1n) is 7.94. The maximum Gasteiger partial charge on any atom is 0.233 e. The third-order valence-corrected chi connectivity index (χ3v) is 3.68. The maximum atomic E-state index is 8.90. The molecular formula is C19H20N4O2. The number of aliphatic imine (C=N–C) groups is 1. The van der Waals surface area contributed by atoms with Gasteiger partial charge in [-0.2, -0.15) is 0 Å². The number of hydrogen-bond donors (Lipinski definition) is 2. The lowest BCUT2D eigenvalue weighted by Crippen LogP contribution is -2.14. The van der Waals surface area contributed by atoms with Crippen LogP contribution < -0.4 is 10.2 Å². The van der Waals surface area contributed by atoms with Gasteiger partial charge in [0, 0.05) is 17.8 Å². The topological polar surface area (TPSA) is 71.7 Å². The van der Waals surface area contributed by atoms with E-state index in [1.165, 1.54) is 5.56 Å². The molecule has 25 heavy (non-hydrogen) atoms. The number of hydroxylamine groups is 1. The van der Waals surface area contributed by atoms with E-state index in [9.17, 15) is 0 Å². The lowest BCUT2D eigenvalue weighted by Gasteiger charge is -2.07. The fourth-order valence-corrected chi connectivity index (χ4v) is 2.32. The summed E-state index contributed by atoms with van der Waals surface area (Å²) in [6, 6.07) is 17.6. The Balaban J connectivity index is 1.72. The SMILES string of the molecule is CC(=Nc1ccccc1COc1ccn(-c2ccc(C)cc2)n1)NO. The van der Waals surface area contributed by atoms with Crippen molar-refractivity contribution < 1.29 is 9.94 Å². The second kappa shape index (κ2) is 7.63. The summed E-state index contributed by atoms with van der Waals surface area (Å²) in [6.07, 6.45) is 1.86. The molecule has 0 fully saturated rings. The molecule has 1 aromatic heterocycles. The van der Waals surface area contributed by atoms with Crippen LogP contribution in [-0.2, 0) is 6.61 Å². The Morgan fingerprint density at radius 2 is 1.92 bits per heavy atom. The Hall–Kier alpha value is -3.12. The van der Waals surface area contributed by atoms with Gasteiger partial charge in [0.15, 0.2) is 0 Å². The number of aryl methyl sites for hydroxylation is 1. The molecule has 0 saturated carbocycles. The molecule has 6 heteroatoms. The molecule has 1 heterocycles. The first kappa shape index (κ1) is 16.7. The summed E-state index contributed by atoms with van der Waals surface area (Å²) in [6.45, 7) is 4.07. The molecule has 3 rings (SSSR count). The number of para-hydroxylation sites is 1. The predicted molar refractivity (Wildman–Crippen MR) is 96.8 cm³/mol. The summed E-state index contributed by atoms with van der Waals surface area (Å²) in [7, 11) is 0. The zero-order valence-corrected chi connectivity index (χ0v) is 14.2. The largest absolute Gasteiger partial charge is 0.472 e. The van der Waals surface area contributed by atoms with Crippen LogP contribution in [0, 0.1) is 6.92 Å². The van der Waals surface area contributed by atoms with Crippen molar-refractivity contribution in [2.45, 2.75) is 20.5 Å². The highest BCUT2D eigenvalue weighted by Crippen LogP contribution is 2.21. The summed E-state index contributed by atoms with van der Waals surface area (Å²) in [5.41, 5.74) is 5.86. The molecular weight excluding hydrogens is 316 g/mol. The molecule has 0 amide bonds. The summed E-state index contributed by atoms with van der Waals surface area (Å²) in [5.74, 6) is 0.951. The van der Waals surface area contributed by atoms with Crippen LogP contribution in [0.3, 0.4) is 0 Å². The summed E-state index contributed by atoms with van der Waals surface area (Å²) in [5, 5.41) is 13.3. The molecule has 128 valence electrons. The van der Waals surface area contributed by atoms with Crippen LogP contribution in [-0.4, -0.2) is 20.8 Å². The zero-order chi connectivity index (χ0) is 17.6. The van der Waals surface area contributed by atoms with Crippen LogP contribution in [0.5, 0.6) is 5.88 Å². The minimum Gasteiger partial charge on any atom is -0.472 e. The molecule has 0 atom stereocenters. The molecule has 0 aliphatic heterocycles. The Kier molecular flexibility index (Phi) is 5.11. The lowest BCUT2D eigenvalue weighted by atomic mass is 10.2. The molecule has 0 aliphatic rings. The summed E-state index contributed by atoms with van der Waals surface area (Å²) >= 11 is 0. The first-order chi connectivity index (χ1) is 12.2. The second-order valence-electron chi connectivity index (χ2n) is 5.66. The zero-order valence-electron chi connectivity index (χ0n) is 14.2. The van der Waals surface area contributed by atoms with Gasteiger partial charge in [-0.25, -0.2) is 9.67 Å². The Morgan fingerprint density at radius 3 is 2.68 bits per heavy atom. The number of benzene rings is 2. The van der Waals surface area contributed by atoms with Crippen LogP contribution in [0.15, 0.2) is 65.8 Å². The highest BCUT2D eigenvalue weighted by Gasteiger charge is 2.06. The third kappa shape index (κ3) is 4.24. The van der Waals surface area contributed by atoms with Gasteiger partial charge in [-0.15, -0.1) is 5.10 Å². The molecule has 0 unspecified atom stereocenters. The van der Waals surface area contributed by atoms with Crippen molar-refractivity contribution in [2.24, 2.45) is 4.99 Å². The number of aromatic nitrogens is 2. The van der Waals surface area contributed by atoms with Crippen LogP contribution in [0.1, 0.15) is 18.1 Å². The average Bonchev–Trinajstić information content (AvgIpc) is 3.10. The molecule has 6 nitrogen and oxygen atoms in total. The van der Waals surface area contributed by atoms with Crippen molar-refractivity contribution >= 4 is 11.5 Å². The normalized spacial score (nSPS) is 11.4. The number of ether oxygens (including phenoxy) is 1. The first-order valence-corrected chi connectivity index (χ1v) is 7.94. The third-order valence-electron chi connectivity index (χ3n) is 3.68. The molecule has 2 N–H and O–H groups in total. The summed E-state index contributed by atoms with van der Waals surface area (Å²) in [4.78, 5) is 4.30. The van der Waals surface area contributed by atoms with Crippen LogP contribution >= 0.6 is 0 Å². The van der Waals surface area contributed by atoms with E-state index in [0.717, 1.165) is 16.9 Å². The molecule has 0 bridgehead atoms. The van der Waals surface area contributed by atoms with Crippen molar-refractivity contribution in [1.82, 2.24) is 15.3 Å². The van der Waals surface area contributed by atoms with Crippen molar-refractivity contribution in [3.8, 4) is 11.6 Å². The lowest BCUT2D eigenvalue weighted by molar-refractivity contribution is 0.234. The van der Waals surface area contributed by atoms with E-state index in [4.69, 9.17) is 9.94 Å². The molecule has 0 aliphatic carbocycles. The quantitative estimate of drug-likeness (QED) is 0.422. The van der Waals surface area contributed by atoms with Crippen molar-refractivity contribution in [3.05, 3.63) is 71.9 Å². The summed E-state index contributed by atoms with van der Waals surface area (Å²) < 4.78 is 7.57. The smallest absolute Gasteiger partial charge is 0.233 e. The number of nitrogens with one attached hydrogen (secondary N) is 1. The van der Waals surface area contributed by atoms with Gasteiger partial charge in [-0.05, 0) is 32.0 Å². The van der Waals surface area contributed by atoms with E-state index in [-0.39, 0.29) is 0 Å². The van der Waals surface area contributed by atoms with Crippen LogP contribution in [0.4, 0.5) is 5.69 Å². The molecule has 0 radical (unpaired) electrons. The highest BCUT2D eigenvalue weighted by molar-refractivity contribution is 5.81. The second-order valence-corrected chi connectivity index (χ2v) is 5.66. The molecule has 3 aromatic rings. The van der Waals surface area contributed by atoms with Gasteiger partial charge in [0.2, 0.25) is 5.88 Å². The number of rotatable bonds is 5. The van der Waals surface area contributed by atoms with E-state index in [1.807, 2.05) is 66.3 Å². The average molecular weight is 336 g/mol. The van der Waals surface area contributed by atoms with Gasteiger partial charge >= 0.3 is 0 Å². The van der Waals surface area contributed by atoms with Gasteiger partial charge in [0.1, 0.15) is 12.4 Å². The van der Waals surface area contributed by atoms with Crippen molar-refractivity contribution in [1.29, 1.82) is 0 Å². The maximum absolute atomic E-state index is 8.90. The Morgan fingerprint density at radius 1 is 1.16 bits per heavy atom. The molecule has 2 aromatic carbocycles. The van der Waals surface area contributed by atoms with E-state index in [2.05, 4.69) is 17.0 Å². The van der Waals surface area contributed by atoms with Gasteiger partial charge in [0.05, 0.1) is 11.4 Å². The Bertz CT molecular complexity index is 869. The van der Waals surface area contributed by atoms with Gasteiger partial charge in [-0.3, -0.25) is 10.7 Å². The molecule has 0 saturated heterocycles. The predicted octanol–water partition coefficient (Wildman–Crippen LogP) is 3.79. The minimum atomic E-state index is 0.337. The standard InChI is InChI=1S/C19H20N4O2/c1-14-7-9-17(10-8-14)23-12-11-19(21-23)25-13-16-5-3-4-6-18(16)20-15(2)22-24/h3-12,24H,13H2,1-2H3,(H,20,22). The fraction of sp³-hybridized carbons (Fsp3) is 0.158. The molecule has 0 spiro atoms. The van der Waals surface area contributed by atoms with Crippen LogP contribution in [0.25, 0.3) is 5.69 Å². The fourth-order valence-electron chi connectivity index (χ4n) is 2.32. The van der Waals surface area contributed by atoms with Gasteiger partial charge < -0.3 is 4.74 Å².